The SMILES string of the molecule is CNC(Cc1ccc(F)cc1F)c1cc(Cl)ccc1F. The van der Waals surface area contributed by atoms with Gasteiger partial charge in [0.1, 0.15) is 17.5 Å². The van der Waals surface area contributed by atoms with Gasteiger partial charge < -0.3 is 5.32 Å². The van der Waals surface area contributed by atoms with Crippen molar-refractivity contribution in [3.05, 3.63) is 70.0 Å². The van der Waals surface area contributed by atoms with E-state index in [1.54, 1.807) is 7.05 Å². The summed E-state index contributed by atoms with van der Waals surface area (Å²) in [5.74, 6) is -1.70. The van der Waals surface area contributed by atoms with Gasteiger partial charge in [0.15, 0.2) is 0 Å². The Balaban J connectivity index is 2.31. The summed E-state index contributed by atoms with van der Waals surface area (Å²) in [6, 6.07) is 7.12. The van der Waals surface area contributed by atoms with Gasteiger partial charge in [-0.1, -0.05) is 17.7 Å². The van der Waals surface area contributed by atoms with Crippen molar-refractivity contribution in [2.45, 2.75) is 12.5 Å². The van der Waals surface area contributed by atoms with Crippen molar-refractivity contribution in [2.75, 3.05) is 7.05 Å². The molecular formula is C15H13ClF3N. The highest BCUT2D eigenvalue weighted by Gasteiger charge is 2.17. The highest BCUT2D eigenvalue weighted by molar-refractivity contribution is 6.30. The van der Waals surface area contributed by atoms with Crippen LogP contribution >= 0.6 is 11.6 Å². The third-order valence-corrected chi connectivity index (χ3v) is 3.36. The van der Waals surface area contributed by atoms with Gasteiger partial charge in [-0.05, 0) is 43.3 Å². The lowest BCUT2D eigenvalue weighted by molar-refractivity contribution is 0.515. The molecule has 1 unspecified atom stereocenters. The lowest BCUT2D eigenvalue weighted by atomic mass is 9.98. The monoisotopic (exact) mass is 299 g/mol. The number of nitrogens with one attached hydrogen (secondary N) is 1. The van der Waals surface area contributed by atoms with Crippen LogP contribution in [0, 0.1) is 17.5 Å². The molecule has 0 heterocycles. The highest BCUT2D eigenvalue weighted by Crippen LogP contribution is 2.25. The predicted octanol–water partition coefficient (Wildman–Crippen LogP) is 4.26. The number of benzene rings is 2. The molecular weight excluding hydrogens is 287 g/mol. The van der Waals surface area contributed by atoms with E-state index in [4.69, 9.17) is 11.6 Å². The standard InChI is InChI=1S/C15H13ClF3N/c1-20-15(12-7-10(16)3-5-13(12)18)6-9-2-4-11(17)8-14(9)19/h2-5,7-8,15,20H,6H2,1H3. The zero-order valence-electron chi connectivity index (χ0n) is 10.8. The van der Waals surface area contributed by atoms with Crippen LogP contribution < -0.4 is 5.32 Å². The van der Waals surface area contributed by atoms with Gasteiger partial charge in [-0.2, -0.15) is 0 Å². The first-order valence-corrected chi connectivity index (χ1v) is 6.45. The largest absolute Gasteiger partial charge is 0.313 e. The summed E-state index contributed by atoms with van der Waals surface area (Å²) in [6.07, 6.45) is 0.194. The van der Waals surface area contributed by atoms with Gasteiger partial charge in [-0.15, -0.1) is 0 Å². The molecule has 0 saturated heterocycles. The van der Waals surface area contributed by atoms with E-state index < -0.39 is 23.5 Å². The Morgan fingerprint density at radius 1 is 1.05 bits per heavy atom. The van der Waals surface area contributed by atoms with E-state index in [2.05, 4.69) is 5.32 Å². The summed E-state index contributed by atoms with van der Waals surface area (Å²) in [5.41, 5.74) is 0.661. The molecule has 2 aromatic carbocycles. The molecule has 0 aliphatic carbocycles. The molecule has 0 aromatic heterocycles. The zero-order valence-corrected chi connectivity index (χ0v) is 11.5. The highest BCUT2D eigenvalue weighted by atomic mass is 35.5. The minimum Gasteiger partial charge on any atom is -0.313 e. The summed E-state index contributed by atoms with van der Waals surface area (Å²) in [5, 5.41) is 3.32. The fraction of sp³-hybridized carbons (Fsp3) is 0.200. The fourth-order valence-electron chi connectivity index (χ4n) is 2.06. The maximum absolute atomic E-state index is 13.8. The Labute approximate surface area is 120 Å². The van der Waals surface area contributed by atoms with E-state index in [-0.39, 0.29) is 6.42 Å². The molecule has 0 amide bonds. The molecule has 106 valence electrons. The van der Waals surface area contributed by atoms with Gasteiger partial charge in [-0.25, -0.2) is 13.2 Å². The van der Waals surface area contributed by atoms with Gasteiger partial charge >= 0.3 is 0 Å². The second kappa shape index (κ2) is 6.29. The van der Waals surface area contributed by atoms with Crippen molar-refractivity contribution in [1.29, 1.82) is 0 Å². The van der Waals surface area contributed by atoms with E-state index in [1.807, 2.05) is 0 Å². The molecule has 2 rings (SSSR count). The molecule has 20 heavy (non-hydrogen) atoms. The minimum atomic E-state index is -0.646. The Hall–Kier alpha value is -1.52. The van der Waals surface area contributed by atoms with Crippen LogP contribution in [-0.2, 0) is 6.42 Å². The summed E-state index contributed by atoms with van der Waals surface area (Å²) in [7, 11) is 1.65. The average molecular weight is 300 g/mol. The molecule has 0 aliphatic heterocycles. The summed E-state index contributed by atoms with van der Waals surface area (Å²) < 4.78 is 40.4. The van der Waals surface area contributed by atoms with Crippen molar-refractivity contribution in [1.82, 2.24) is 5.32 Å². The number of hydrogen-bond donors (Lipinski definition) is 1. The predicted molar refractivity (Wildman–Crippen MR) is 73.3 cm³/mol. The van der Waals surface area contributed by atoms with E-state index >= 15 is 0 Å². The molecule has 0 radical (unpaired) electrons. The van der Waals surface area contributed by atoms with Gasteiger partial charge in [0.2, 0.25) is 0 Å². The number of rotatable bonds is 4. The third-order valence-electron chi connectivity index (χ3n) is 3.12. The van der Waals surface area contributed by atoms with Crippen LogP contribution in [0.15, 0.2) is 36.4 Å². The smallest absolute Gasteiger partial charge is 0.129 e. The van der Waals surface area contributed by atoms with Gasteiger partial charge in [-0.3, -0.25) is 0 Å². The quantitative estimate of drug-likeness (QED) is 0.889. The molecule has 0 saturated carbocycles. The first-order valence-electron chi connectivity index (χ1n) is 6.07. The number of halogens is 4. The van der Waals surface area contributed by atoms with E-state index in [9.17, 15) is 13.2 Å². The lowest BCUT2D eigenvalue weighted by Crippen LogP contribution is -2.20. The van der Waals surface area contributed by atoms with Crippen molar-refractivity contribution in [3.63, 3.8) is 0 Å². The normalized spacial score (nSPS) is 12.4. The number of likely N-dealkylation sites (N-methyl/N-ethyl adjacent to an activating group) is 1. The van der Waals surface area contributed by atoms with Crippen LogP contribution in [0.2, 0.25) is 5.02 Å². The van der Waals surface area contributed by atoms with Crippen molar-refractivity contribution in [2.24, 2.45) is 0 Å². The topological polar surface area (TPSA) is 12.0 Å². The van der Waals surface area contributed by atoms with Crippen LogP contribution in [0.3, 0.4) is 0 Å². The van der Waals surface area contributed by atoms with Crippen molar-refractivity contribution < 1.29 is 13.2 Å². The summed E-state index contributed by atoms with van der Waals surface area (Å²) >= 11 is 5.85. The molecule has 1 N–H and O–H groups in total. The lowest BCUT2D eigenvalue weighted by Gasteiger charge is -2.18. The van der Waals surface area contributed by atoms with Crippen molar-refractivity contribution >= 4 is 11.6 Å². The fourth-order valence-corrected chi connectivity index (χ4v) is 2.24. The average Bonchev–Trinajstić information content (AvgIpc) is 2.41. The molecule has 2 aromatic rings. The second-order valence-corrected chi connectivity index (χ2v) is 4.88. The third kappa shape index (κ3) is 3.32. The molecule has 0 bridgehead atoms. The molecule has 5 heteroatoms. The zero-order chi connectivity index (χ0) is 14.7. The molecule has 0 fully saturated rings. The first-order chi connectivity index (χ1) is 9.51. The molecule has 1 atom stereocenters. The van der Waals surface area contributed by atoms with Crippen LogP contribution in [-0.4, -0.2) is 7.05 Å². The van der Waals surface area contributed by atoms with E-state index in [0.29, 0.717) is 16.1 Å². The van der Waals surface area contributed by atoms with Gasteiger partial charge in [0, 0.05) is 22.7 Å². The molecule has 0 spiro atoms. The Bertz CT molecular complexity index is 616. The van der Waals surface area contributed by atoms with Crippen LogP contribution in [0.1, 0.15) is 17.2 Å². The Kier molecular flexibility index (Phi) is 4.68. The van der Waals surface area contributed by atoms with Gasteiger partial charge in [0.25, 0.3) is 0 Å². The van der Waals surface area contributed by atoms with Crippen LogP contribution in [0.5, 0.6) is 0 Å². The second-order valence-electron chi connectivity index (χ2n) is 4.45. The number of hydrogen-bond acceptors (Lipinski definition) is 1. The van der Waals surface area contributed by atoms with Gasteiger partial charge in [0.05, 0.1) is 0 Å². The Morgan fingerprint density at radius 3 is 2.45 bits per heavy atom. The first kappa shape index (κ1) is 14.9. The Morgan fingerprint density at radius 2 is 1.80 bits per heavy atom. The van der Waals surface area contributed by atoms with E-state index in [0.717, 1.165) is 6.07 Å². The van der Waals surface area contributed by atoms with Crippen LogP contribution in [0.25, 0.3) is 0 Å². The van der Waals surface area contributed by atoms with Crippen molar-refractivity contribution in [3.8, 4) is 0 Å². The summed E-state index contributed by atoms with van der Waals surface area (Å²) in [6.45, 7) is 0. The van der Waals surface area contributed by atoms with E-state index in [1.165, 1.54) is 30.3 Å². The molecule has 0 aliphatic rings. The maximum atomic E-state index is 13.8. The van der Waals surface area contributed by atoms with Crippen LogP contribution in [0.4, 0.5) is 13.2 Å². The minimum absolute atomic E-state index is 0.194. The summed E-state index contributed by atoms with van der Waals surface area (Å²) in [4.78, 5) is 0. The maximum Gasteiger partial charge on any atom is 0.129 e. The molecule has 1 nitrogen and oxygen atoms in total.